The van der Waals surface area contributed by atoms with Crippen molar-refractivity contribution in [1.29, 1.82) is 0 Å². The van der Waals surface area contributed by atoms with Gasteiger partial charge in [-0.3, -0.25) is 9.78 Å². The molecule has 8 nitrogen and oxygen atoms in total. The molecule has 0 aliphatic heterocycles. The molecule has 1 aromatic carbocycles. The number of nitrogen functional groups attached to an aromatic ring is 1. The lowest BCUT2D eigenvalue weighted by Crippen LogP contribution is -2.28. The molecule has 0 aliphatic carbocycles. The van der Waals surface area contributed by atoms with Gasteiger partial charge in [-0.2, -0.15) is 0 Å². The highest BCUT2D eigenvalue weighted by Gasteiger charge is 2.23. The Hall–Kier alpha value is -5.07. The van der Waals surface area contributed by atoms with Gasteiger partial charge in [-0.25, -0.2) is 14.5 Å². The maximum absolute atomic E-state index is 13.3. The van der Waals surface area contributed by atoms with Crippen molar-refractivity contribution in [1.82, 2.24) is 29.9 Å². The molecule has 184 valence electrons. The monoisotopic (exact) mass is 515 g/mol. The molecular weight excluding hydrogens is 494 g/mol. The Morgan fingerprint density at radius 1 is 1.08 bits per heavy atom. The van der Waals surface area contributed by atoms with E-state index >= 15 is 0 Å². The summed E-state index contributed by atoms with van der Waals surface area (Å²) in [7, 11) is 0. The summed E-state index contributed by atoms with van der Waals surface area (Å²) in [4.78, 5) is 26.7. The first-order chi connectivity index (χ1) is 18.6. The van der Waals surface area contributed by atoms with Crippen LogP contribution in [0.5, 0.6) is 0 Å². The minimum atomic E-state index is -0.374. The van der Waals surface area contributed by atoms with Crippen LogP contribution in [0.2, 0.25) is 0 Å². The predicted octanol–water partition coefficient (Wildman–Crippen LogP) is 4.87. The number of nitrogens with zero attached hydrogens (tertiary/aromatic N) is 5. The highest BCUT2D eigenvalue weighted by Crippen LogP contribution is 2.34. The molecule has 0 bridgehead atoms. The van der Waals surface area contributed by atoms with Crippen LogP contribution in [0.3, 0.4) is 0 Å². The van der Waals surface area contributed by atoms with Gasteiger partial charge in [-0.1, -0.05) is 42.2 Å². The third-order valence-corrected chi connectivity index (χ3v) is 7.03. The molecule has 0 saturated heterocycles. The van der Waals surface area contributed by atoms with Crippen LogP contribution >= 0.6 is 11.3 Å². The highest BCUT2D eigenvalue weighted by molar-refractivity contribution is 7.17. The minimum absolute atomic E-state index is 0.126. The van der Waals surface area contributed by atoms with Crippen LogP contribution in [0.15, 0.2) is 84.8 Å². The molecule has 5 heterocycles. The predicted molar refractivity (Wildman–Crippen MR) is 149 cm³/mol. The Balaban J connectivity index is 1.41. The second-order valence-electron chi connectivity index (χ2n) is 8.62. The van der Waals surface area contributed by atoms with E-state index in [1.54, 1.807) is 42.2 Å². The fourth-order valence-corrected chi connectivity index (χ4v) is 5.14. The minimum Gasteiger partial charge on any atom is -0.381 e. The van der Waals surface area contributed by atoms with E-state index in [9.17, 15) is 4.79 Å². The first-order valence-corrected chi connectivity index (χ1v) is 12.8. The molecule has 9 heteroatoms. The van der Waals surface area contributed by atoms with E-state index in [2.05, 4.69) is 38.3 Å². The Labute approximate surface area is 222 Å². The number of nitrogens with one attached hydrogen (secondary N) is 1. The highest BCUT2D eigenvalue weighted by atomic mass is 32.1. The van der Waals surface area contributed by atoms with Crippen LogP contribution in [-0.2, 0) is 0 Å². The number of pyridine rings is 2. The van der Waals surface area contributed by atoms with Gasteiger partial charge in [0.2, 0.25) is 0 Å². The Kier molecular flexibility index (Phi) is 6.00. The number of aromatic nitrogens is 5. The lowest BCUT2D eigenvalue weighted by molar-refractivity contribution is 0.0942. The zero-order chi connectivity index (χ0) is 26.1. The van der Waals surface area contributed by atoms with E-state index in [-0.39, 0.29) is 23.3 Å². The number of amides is 1. The molecule has 38 heavy (non-hydrogen) atoms. The van der Waals surface area contributed by atoms with E-state index in [0.717, 1.165) is 38.2 Å². The number of nitrogens with two attached hydrogens (primary N) is 1. The summed E-state index contributed by atoms with van der Waals surface area (Å²) >= 11 is 1.57. The SMILES string of the molecule is CC(NC(=O)c1c(N)nn2cccnc12)c1cc2scc(C#Cc3ccncc3)c2nc1-c1ccccc1. The van der Waals surface area contributed by atoms with Crippen LogP contribution in [-0.4, -0.2) is 30.5 Å². The van der Waals surface area contributed by atoms with Gasteiger partial charge in [0.05, 0.1) is 27.5 Å². The molecule has 5 aromatic heterocycles. The zero-order valence-corrected chi connectivity index (χ0v) is 21.1. The smallest absolute Gasteiger partial charge is 0.259 e. The second kappa shape index (κ2) is 9.76. The molecule has 0 aliphatic rings. The first-order valence-electron chi connectivity index (χ1n) is 11.9. The molecule has 0 fully saturated rings. The maximum Gasteiger partial charge on any atom is 0.259 e. The van der Waals surface area contributed by atoms with Gasteiger partial charge >= 0.3 is 0 Å². The molecule has 0 spiro atoms. The molecule has 1 atom stereocenters. The number of carbonyl (C=O) groups excluding carboxylic acids is 1. The number of fused-ring (bicyclic) bond motifs is 2. The van der Waals surface area contributed by atoms with Crippen molar-refractivity contribution >= 4 is 38.9 Å². The molecule has 6 rings (SSSR count). The normalized spacial score (nSPS) is 11.7. The molecule has 0 saturated carbocycles. The number of carbonyl (C=O) groups is 1. The van der Waals surface area contributed by atoms with E-state index < -0.39 is 0 Å². The Morgan fingerprint density at radius 3 is 2.71 bits per heavy atom. The summed E-state index contributed by atoms with van der Waals surface area (Å²) in [5.74, 6) is 6.22. The summed E-state index contributed by atoms with van der Waals surface area (Å²) in [6, 6.07) is 17.1. The number of hydrogen-bond acceptors (Lipinski definition) is 7. The summed E-state index contributed by atoms with van der Waals surface area (Å²) in [5.41, 5.74) is 11.9. The van der Waals surface area contributed by atoms with Gasteiger partial charge in [-0.05, 0) is 31.2 Å². The topological polar surface area (TPSA) is 111 Å². The largest absolute Gasteiger partial charge is 0.381 e. The summed E-state index contributed by atoms with van der Waals surface area (Å²) in [6.45, 7) is 1.93. The van der Waals surface area contributed by atoms with Crippen molar-refractivity contribution < 1.29 is 4.79 Å². The maximum atomic E-state index is 13.3. The van der Waals surface area contributed by atoms with E-state index in [1.807, 2.05) is 54.8 Å². The standard InChI is InChI=1S/C29H21N7OS/c1-18(33-29(37)24-27(30)35-36-15-5-12-32-28(24)36)22-16-23-26(34-25(22)20-6-3-2-4-7-20)21(17-38-23)9-8-19-10-13-31-14-11-19/h2-7,10-18H,1H3,(H2,30,35)(H,33,37). The van der Waals surface area contributed by atoms with Crippen molar-refractivity contribution in [3.63, 3.8) is 0 Å². The summed E-state index contributed by atoms with van der Waals surface area (Å²) < 4.78 is 2.48. The molecule has 0 radical (unpaired) electrons. The van der Waals surface area contributed by atoms with Gasteiger partial charge in [-0.15, -0.1) is 16.4 Å². The van der Waals surface area contributed by atoms with E-state index in [1.165, 1.54) is 4.52 Å². The number of rotatable bonds is 4. The van der Waals surface area contributed by atoms with Gasteiger partial charge in [0, 0.05) is 46.9 Å². The van der Waals surface area contributed by atoms with Crippen molar-refractivity contribution in [2.75, 3.05) is 5.73 Å². The lowest BCUT2D eigenvalue weighted by Gasteiger charge is -2.18. The molecule has 1 amide bonds. The van der Waals surface area contributed by atoms with Crippen molar-refractivity contribution in [2.45, 2.75) is 13.0 Å². The van der Waals surface area contributed by atoms with E-state index in [0.29, 0.717) is 5.65 Å². The van der Waals surface area contributed by atoms with Gasteiger partial charge in [0.1, 0.15) is 5.56 Å². The number of hydrogen-bond donors (Lipinski definition) is 2. The van der Waals surface area contributed by atoms with Gasteiger partial charge in [0.25, 0.3) is 5.91 Å². The number of thiophene rings is 1. The first kappa shape index (κ1) is 23.3. The van der Waals surface area contributed by atoms with Crippen LogP contribution in [0.25, 0.3) is 27.1 Å². The molecule has 3 N–H and O–H groups in total. The second-order valence-corrected chi connectivity index (χ2v) is 9.53. The third kappa shape index (κ3) is 4.34. The fourth-order valence-electron chi connectivity index (χ4n) is 4.26. The van der Waals surface area contributed by atoms with Crippen LogP contribution in [0.4, 0.5) is 5.82 Å². The Morgan fingerprint density at radius 2 is 1.89 bits per heavy atom. The third-order valence-electron chi connectivity index (χ3n) is 6.11. The van der Waals surface area contributed by atoms with Crippen LogP contribution in [0.1, 0.15) is 40.0 Å². The van der Waals surface area contributed by atoms with Crippen LogP contribution in [0, 0.1) is 11.8 Å². The number of anilines is 1. The molecule has 1 unspecified atom stereocenters. The summed E-state index contributed by atoms with van der Waals surface area (Å²) in [5, 5.41) is 9.30. The van der Waals surface area contributed by atoms with Crippen molar-refractivity contribution in [3.05, 3.63) is 107 Å². The zero-order valence-electron chi connectivity index (χ0n) is 20.3. The fraction of sp³-hybridized carbons (Fsp3) is 0.0690. The van der Waals surface area contributed by atoms with Crippen molar-refractivity contribution in [3.8, 4) is 23.1 Å². The Bertz CT molecular complexity index is 1850. The summed E-state index contributed by atoms with van der Waals surface area (Å²) in [6.07, 6.45) is 6.75. The molecular formula is C29H21N7OS. The number of benzene rings is 1. The average molecular weight is 516 g/mol. The van der Waals surface area contributed by atoms with Crippen molar-refractivity contribution in [2.24, 2.45) is 0 Å². The quantitative estimate of drug-likeness (QED) is 0.324. The van der Waals surface area contributed by atoms with Gasteiger partial charge < -0.3 is 11.1 Å². The van der Waals surface area contributed by atoms with E-state index in [4.69, 9.17) is 10.7 Å². The lowest BCUT2D eigenvalue weighted by atomic mass is 9.99. The molecule has 6 aromatic rings. The average Bonchev–Trinajstić information content (AvgIpc) is 3.51. The van der Waals surface area contributed by atoms with Gasteiger partial charge in [0.15, 0.2) is 11.5 Å². The van der Waals surface area contributed by atoms with Crippen LogP contribution < -0.4 is 11.1 Å².